The Morgan fingerprint density at radius 1 is 1.35 bits per heavy atom. The van der Waals surface area contributed by atoms with Gasteiger partial charge in [-0.1, -0.05) is 40.6 Å². The predicted octanol–water partition coefficient (Wildman–Crippen LogP) is 2.41. The molecule has 1 aromatic heterocycles. The van der Waals surface area contributed by atoms with Crippen LogP contribution in [0.4, 0.5) is 0 Å². The molecule has 1 saturated heterocycles. The fourth-order valence-corrected chi connectivity index (χ4v) is 5.11. The van der Waals surface area contributed by atoms with Gasteiger partial charge in [0, 0.05) is 24.5 Å². The van der Waals surface area contributed by atoms with Crippen LogP contribution in [0.2, 0.25) is 10.0 Å². The van der Waals surface area contributed by atoms with Gasteiger partial charge in [0.15, 0.2) is 0 Å². The molecule has 0 atom stereocenters. The van der Waals surface area contributed by atoms with Crippen molar-refractivity contribution in [2.24, 2.45) is 0 Å². The van der Waals surface area contributed by atoms with Gasteiger partial charge in [0.05, 0.1) is 23.1 Å². The summed E-state index contributed by atoms with van der Waals surface area (Å²) in [6.07, 6.45) is 1.60. The maximum Gasteiger partial charge on any atom is 0.273 e. The Hall–Kier alpha value is -1.39. The molecule has 1 aliphatic rings. The zero-order valence-corrected chi connectivity index (χ0v) is 16.5. The molecular weight excluding hydrogens is 421 g/mol. The SMILES string of the molecule is O=C(CCNS(=O)(=O)c1c(Cl)cccc1Cl)N1CC(Oc2nccs2)C1. The van der Waals surface area contributed by atoms with Gasteiger partial charge in [-0.3, -0.25) is 4.79 Å². The number of ether oxygens (including phenoxy) is 1. The third-order valence-electron chi connectivity index (χ3n) is 3.70. The van der Waals surface area contributed by atoms with Crippen molar-refractivity contribution >= 4 is 50.5 Å². The number of aromatic nitrogens is 1. The fraction of sp³-hybridized carbons (Fsp3) is 0.333. The molecule has 0 saturated carbocycles. The van der Waals surface area contributed by atoms with E-state index >= 15 is 0 Å². The molecule has 11 heteroatoms. The standard InChI is InChI=1S/C15H15Cl2N3O4S2/c16-11-2-1-3-12(17)14(11)26(22,23)19-5-4-13(21)20-8-10(9-20)24-15-18-6-7-25-15/h1-3,6-7,10,19H,4-5,8-9H2. The van der Waals surface area contributed by atoms with Crippen molar-refractivity contribution < 1.29 is 17.9 Å². The number of hydrogen-bond acceptors (Lipinski definition) is 6. The molecule has 0 aliphatic carbocycles. The van der Waals surface area contributed by atoms with Crippen LogP contribution in [-0.2, 0) is 14.8 Å². The minimum atomic E-state index is -3.89. The fourth-order valence-electron chi connectivity index (χ4n) is 2.39. The summed E-state index contributed by atoms with van der Waals surface area (Å²) < 4.78 is 32.6. The minimum absolute atomic E-state index is 0.0289. The average molecular weight is 436 g/mol. The number of rotatable bonds is 7. The van der Waals surface area contributed by atoms with E-state index in [1.807, 2.05) is 5.38 Å². The van der Waals surface area contributed by atoms with E-state index in [0.717, 1.165) is 0 Å². The van der Waals surface area contributed by atoms with Crippen LogP contribution in [0.1, 0.15) is 6.42 Å². The van der Waals surface area contributed by atoms with Crippen LogP contribution in [0.3, 0.4) is 0 Å². The summed E-state index contributed by atoms with van der Waals surface area (Å²) in [6.45, 7) is 0.875. The number of amides is 1. The topological polar surface area (TPSA) is 88.6 Å². The number of nitrogens with one attached hydrogen (secondary N) is 1. The zero-order chi connectivity index (χ0) is 18.7. The van der Waals surface area contributed by atoms with Crippen molar-refractivity contribution in [2.75, 3.05) is 19.6 Å². The number of benzene rings is 1. The zero-order valence-electron chi connectivity index (χ0n) is 13.4. The lowest BCUT2D eigenvalue weighted by Gasteiger charge is -2.38. The Labute approximate surface area is 164 Å². The van der Waals surface area contributed by atoms with Crippen molar-refractivity contribution in [3.8, 4) is 5.19 Å². The first kappa shape index (κ1) is 19.4. The Morgan fingerprint density at radius 3 is 2.65 bits per heavy atom. The minimum Gasteiger partial charge on any atom is -0.463 e. The summed E-state index contributed by atoms with van der Waals surface area (Å²) >= 11 is 13.2. The second-order valence-electron chi connectivity index (χ2n) is 5.54. The quantitative estimate of drug-likeness (QED) is 0.720. The molecule has 0 spiro atoms. The smallest absolute Gasteiger partial charge is 0.273 e. The highest BCUT2D eigenvalue weighted by Crippen LogP contribution is 2.28. The molecular formula is C15H15Cl2N3O4S2. The Bertz CT molecular complexity index is 864. The molecule has 0 bridgehead atoms. The third-order valence-corrected chi connectivity index (χ3v) is 6.77. The van der Waals surface area contributed by atoms with Crippen LogP contribution in [0, 0.1) is 0 Å². The summed E-state index contributed by atoms with van der Waals surface area (Å²) in [6, 6.07) is 4.44. The summed E-state index contributed by atoms with van der Waals surface area (Å²) in [5, 5.41) is 2.45. The van der Waals surface area contributed by atoms with Gasteiger partial charge in [-0.25, -0.2) is 18.1 Å². The van der Waals surface area contributed by atoms with E-state index in [2.05, 4.69) is 9.71 Å². The molecule has 7 nitrogen and oxygen atoms in total. The largest absolute Gasteiger partial charge is 0.463 e. The molecule has 1 aliphatic heterocycles. The normalized spacial score (nSPS) is 14.9. The van der Waals surface area contributed by atoms with Gasteiger partial charge in [-0.05, 0) is 12.1 Å². The van der Waals surface area contributed by atoms with E-state index in [-0.39, 0.29) is 39.9 Å². The predicted molar refractivity (Wildman–Crippen MR) is 99.4 cm³/mol. The van der Waals surface area contributed by atoms with E-state index in [4.69, 9.17) is 27.9 Å². The molecule has 3 rings (SSSR count). The second kappa shape index (κ2) is 8.10. The van der Waals surface area contributed by atoms with Crippen molar-refractivity contribution in [1.29, 1.82) is 0 Å². The van der Waals surface area contributed by atoms with Gasteiger partial charge >= 0.3 is 0 Å². The molecule has 2 heterocycles. The molecule has 1 amide bonds. The molecule has 2 aromatic rings. The van der Waals surface area contributed by atoms with Crippen molar-refractivity contribution in [3.05, 3.63) is 39.8 Å². The molecule has 1 aromatic carbocycles. The highest BCUT2D eigenvalue weighted by atomic mass is 35.5. The summed E-state index contributed by atoms with van der Waals surface area (Å²) in [7, 11) is -3.89. The van der Waals surface area contributed by atoms with Gasteiger partial charge in [-0.15, -0.1) is 0 Å². The lowest BCUT2D eigenvalue weighted by molar-refractivity contribution is -0.139. The maximum absolute atomic E-state index is 12.3. The lowest BCUT2D eigenvalue weighted by Crippen LogP contribution is -2.56. The maximum atomic E-state index is 12.3. The number of carbonyl (C=O) groups is 1. The number of sulfonamides is 1. The van der Waals surface area contributed by atoms with Crippen LogP contribution in [0.15, 0.2) is 34.7 Å². The van der Waals surface area contributed by atoms with Crippen LogP contribution >= 0.6 is 34.5 Å². The number of hydrogen-bond donors (Lipinski definition) is 1. The van der Waals surface area contributed by atoms with E-state index in [1.54, 1.807) is 17.2 Å². The molecule has 140 valence electrons. The van der Waals surface area contributed by atoms with Gasteiger partial charge in [-0.2, -0.15) is 0 Å². The molecule has 0 unspecified atom stereocenters. The monoisotopic (exact) mass is 435 g/mol. The van der Waals surface area contributed by atoms with Crippen molar-refractivity contribution in [1.82, 2.24) is 14.6 Å². The number of nitrogens with zero attached hydrogens (tertiary/aromatic N) is 2. The highest BCUT2D eigenvalue weighted by molar-refractivity contribution is 7.89. The first-order valence-electron chi connectivity index (χ1n) is 7.64. The van der Waals surface area contributed by atoms with Gasteiger partial charge < -0.3 is 9.64 Å². The molecule has 1 N–H and O–H groups in total. The lowest BCUT2D eigenvalue weighted by atomic mass is 10.1. The number of thiazole rings is 1. The van der Waals surface area contributed by atoms with E-state index in [1.165, 1.54) is 23.5 Å². The Morgan fingerprint density at radius 2 is 2.04 bits per heavy atom. The third kappa shape index (κ3) is 4.47. The average Bonchev–Trinajstić information content (AvgIpc) is 3.02. The molecule has 1 fully saturated rings. The van der Waals surface area contributed by atoms with E-state index < -0.39 is 10.0 Å². The number of carbonyl (C=O) groups excluding carboxylic acids is 1. The van der Waals surface area contributed by atoms with Crippen LogP contribution in [-0.4, -0.2) is 49.9 Å². The van der Waals surface area contributed by atoms with Crippen molar-refractivity contribution in [2.45, 2.75) is 17.4 Å². The Kier molecular flexibility index (Phi) is 6.03. The van der Waals surface area contributed by atoms with E-state index in [9.17, 15) is 13.2 Å². The van der Waals surface area contributed by atoms with Crippen LogP contribution in [0.5, 0.6) is 5.19 Å². The molecule has 0 radical (unpaired) electrons. The summed E-state index contributed by atoms with van der Waals surface area (Å²) in [5.74, 6) is -0.156. The van der Waals surface area contributed by atoms with Gasteiger partial charge in [0.1, 0.15) is 11.0 Å². The Balaban J connectivity index is 1.45. The first-order chi connectivity index (χ1) is 12.4. The van der Waals surface area contributed by atoms with Gasteiger partial charge in [0.25, 0.3) is 5.19 Å². The second-order valence-corrected chi connectivity index (χ2v) is 8.91. The molecule has 26 heavy (non-hydrogen) atoms. The van der Waals surface area contributed by atoms with Crippen LogP contribution < -0.4 is 9.46 Å². The number of likely N-dealkylation sites (tertiary alicyclic amines) is 1. The summed E-state index contributed by atoms with van der Waals surface area (Å²) in [5.41, 5.74) is 0. The van der Waals surface area contributed by atoms with Crippen molar-refractivity contribution in [3.63, 3.8) is 0 Å². The van der Waals surface area contributed by atoms with Crippen LogP contribution in [0.25, 0.3) is 0 Å². The number of halogens is 2. The summed E-state index contributed by atoms with van der Waals surface area (Å²) in [4.78, 5) is 17.5. The first-order valence-corrected chi connectivity index (χ1v) is 10.8. The van der Waals surface area contributed by atoms with Gasteiger partial charge in [0.2, 0.25) is 15.9 Å². The highest BCUT2D eigenvalue weighted by Gasteiger charge is 2.32. The van der Waals surface area contributed by atoms with E-state index in [0.29, 0.717) is 18.3 Å².